The maximum absolute atomic E-state index is 13.0. The van der Waals surface area contributed by atoms with E-state index in [2.05, 4.69) is 9.88 Å². The van der Waals surface area contributed by atoms with E-state index in [1.54, 1.807) is 6.07 Å². The van der Waals surface area contributed by atoms with Crippen LogP contribution in [0.15, 0.2) is 12.1 Å². The smallest absolute Gasteiger partial charge is 0.389 e. The Morgan fingerprint density at radius 2 is 1.74 bits per heavy atom. The number of nitrogens with zero attached hydrogens (tertiary/aromatic N) is 2. The zero-order valence-electron chi connectivity index (χ0n) is 19.8. The van der Waals surface area contributed by atoms with Crippen LogP contribution in [0.5, 0.6) is 5.88 Å². The van der Waals surface area contributed by atoms with Crippen LogP contribution in [0.3, 0.4) is 0 Å². The van der Waals surface area contributed by atoms with Crippen molar-refractivity contribution in [2.45, 2.75) is 83.2 Å². The minimum Gasteiger partial charge on any atom is -0.471 e. The van der Waals surface area contributed by atoms with E-state index < -0.39 is 31.5 Å². The SMILES string of the molecule is CC(F)(F)COc1ccc2c(n1)CCN(CCC1CCC(CC(=O)CCC(F)(F)F)CC1)CC2. The number of hydrogen-bond acceptors (Lipinski definition) is 4. The Morgan fingerprint density at radius 3 is 2.41 bits per heavy atom. The van der Waals surface area contributed by atoms with E-state index in [4.69, 9.17) is 4.74 Å². The molecule has 192 valence electrons. The molecule has 1 aromatic heterocycles. The number of pyridine rings is 1. The Labute approximate surface area is 198 Å². The summed E-state index contributed by atoms with van der Waals surface area (Å²) in [5.74, 6) is -2.12. The number of aromatic nitrogens is 1. The van der Waals surface area contributed by atoms with Crippen molar-refractivity contribution in [3.8, 4) is 5.88 Å². The van der Waals surface area contributed by atoms with Gasteiger partial charge in [0.25, 0.3) is 5.92 Å². The molecule has 0 amide bonds. The fraction of sp³-hybridized carbons (Fsp3) is 0.760. The second-order valence-electron chi connectivity index (χ2n) is 9.99. The van der Waals surface area contributed by atoms with Gasteiger partial charge in [0.1, 0.15) is 5.78 Å². The van der Waals surface area contributed by atoms with Crippen LogP contribution >= 0.6 is 0 Å². The summed E-state index contributed by atoms with van der Waals surface area (Å²) in [4.78, 5) is 18.7. The standard InChI is InChI=1S/C25H35F5N2O2/c1-24(26,27)17-34-23-7-6-20-10-14-32(15-11-22(20)31-23)13-9-18-2-4-19(5-3-18)16-21(33)8-12-25(28,29)30/h6-7,18-19H,2-5,8-17H2,1H3. The van der Waals surface area contributed by atoms with Crippen molar-refractivity contribution in [1.82, 2.24) is 9.88 Å². The van der Waals surface area contributed by atoms with Crippen LogP contribution in [0.4, 0.5) is 22.0 Å². The van der Waals surface area contributed by atoms with Crippen LogP contribution in [-0.2, 0) is 17.6 Å². The molecule has 0 spiro atoms. The van der Waals surface area contributed by atoms with Gasteiger partial charge in [-0.25, -0.2) is 13.8 Å². The average Bonchev–Trinajstić information content (AvgIpc) is 2.97. The Balaban J connectivity index is 1.36. The fourth-order valence-electron chi connectivity index (χ4n) is 4.91. The molecule has 4 nitrogen and oxygen atoms in total. The number of ketones is 1. The zero-order valence-corrected chi connectivity index (χ0v) is 19.8. The van der Waals surface area contributed by atoms with Crippen molar-refractivity contribution in [1.29, 1.82) is 0 Å². The lowest BCUT2D eigenvalue weighted by molar-refractivity contribution is -0.143. The maximum atomic E-state index is 13.0. The lowest BCUT2D eigenvalue weighted by atomic mass is 9.78. The Hall–Kier alpha value is -1.77. The summed E-state index contributed by atoms with van der Waals surface area (Å²) in [5, 5.41) is 0. The van der Waals surface area contributed by atoms with Crippen molar-refractivity contribution >= 4 is 5.78 Å². The number of carbonyl (C=O) groups is 1. The Morgan fingerprint density at radius 1 is 1.06 bits per heavy atom. The molecular formula is C25H35F5N2O2. The molecule has 0 atom stereocenters. The van der Waals surface area contributed by atoms with Gasteiger partial charge in [0, 0.05) is 51.0 Å². The highest BCUT2D eigenvalue weighted by Crippen LogP contribution is 2.34. The first-order valence-electron chi connectivity index (χ1n) is 12.3. The van der Waals surface area contributed by atoms with Gasteiger partial charge in [-0.15, -0.1) is 0 Å². The molecule has 0 aromatic carbocycles. The summed E-state index contributed by atoms with van der Waals surface area (Å²) in [6.45, 7) is 2.88. The van der Waals surface area contributed by atoms with Crippen molar-refractivity contribution in [2.24, 2.45) is 11.8 Å². The van der Waals surface area contributed by atoms with E-state index in [0.717, 1.165) is 82.8 Å². The van der Waals surface area contributed by atoms with Gasteiger partial charge < -0.3 is 9.64 Å². The van der Waals surface area contributed by atoms with Crippen molar-refractivity contribution in [2.75, 3.05) is 26.2 Å². The second kappa shape index (κ2) is 11.8. The summed E-state index contributed by atoms with van der Waals surface area (Å²) in [6.07, 6.45) is 1.16. The molecule has 0 N–H and O–H groups in total. The lowest BCUT2D eigenvalue weighted by Gasteiger charge is -2.30. The molecule has 1 fully saturated rings. The quantitative estimate of drug-likeness (QED) is 0.377. The van der Waals surface area contributed by atoms with Gasteiger partial charge >= 0.3 is 6.18 Å². The highest BCUT2D eigenvalue weighted by molar-refractivity contribution is 5.78. The number of rotatable bonds is 10. The molecule has 3 rings (SSSR count). The molecular weight excluding hydrogens is 455 g/mol. The van der Waals surface area contributed by atoms with Crippen LogP contribution in [0.1, 0.15) is 69.5 Å². The second-order valence-corrected chi connectivity index (χ2v) is 9.99. The molecule has 1 saturated carbocycles. The number of hydrogen-bond donors (Lipinski definition) is 0. The third-order valence-electron chi connectivity index (χ3n) is 6.90. The van der Waals surface area contributed by atoms with Gasteiger partial charge in [0.2, 0.25) is 5.88 Å². The predicted molar refractivity (Wildman–Crippen MR) is 119 cm³/mol. The number of halogens is 5. The number of fused-ring (bicyclic) bond motifs is 1. The molecule has 0 radical (unpaired) electrons. The lowest BCUT2D eigenvalue weighted by Crippen LogP contribution is -2.29. The van der Waals surface area contributed by atoms with Gasteiger partial charge in [0.05, 0.1) is 6.42 Å². The fourth-order valence-corrected chi connectivity index (χ4v) is 4.91. The first-order chi connectivity index (χ1) is 16.0. The monoisotopic (exact) mass is 490 g/mol. The molecule has 0 saturated heterocycles. The van der Waals surface area contributed by atoms with Crippen LogP contribution < -0.4 is 4.74 Å². The van der Waals surface area contributed by atoms with Gasteiger partial charge in [-0.2, -0.15) is 13.2 Å². The summed E-state index contributed by atoms with van der Waals surface area (Å²) in [5.41, 5.74) is 2.05. The largest absolute Gasteiger partial charge is 0.471 e. The van der Waals surface area contributed by atoms with E-state index in [0.29, 0.717) is 5.92 Å². The van der Waals surface area contributed by atoms with Gasteiger partial charge in [-0.1, -0.05) is 18.9 Å². The summed E-state index contributed by atoms with van der Waals surface area (Å²) in [6, 6.07) is 3.58. The number of alkyl halides is 5. The van der Waals surface area contributed by atoms with E-state index >= 15 is 0 Å². The van der Waals surface area contributed by atoms with Crippen LogP contribution in [0.25, 0.3) is 0 Å². The topological polar surface area (TPSA) is 42.4 Å². The Kier molecular flexibility index (Phi) is 9.29. The van der Waals surface area contributed by atoms with Crippen molar-refractivity contribution < 1.29 is 31.5 Å². The third kappa shape index (κ3) is 9.47. The first-order valence-corrected chi connectivity index (χ1v) is 12.3. The Bertz CT molecular complexity index is 801. The number of carbonyl (C=O) groups excluding carboxylic acids is 1. The predicted octanol–water partition coefficient (Wildman–Crippen LogP) is 6.01. The molecule has 0 bridgehead atoms. The zero-order chi connectivity index (χ0) is 24.8. The average molecular weight is 491 g/mol. The highest BCUT2D eigenvalue weighted by Gasteiger charge is 2.29. The van der Waals surface area contributed by atoms with E-state index in [-0.39, 0.29) is 24.0 Å². The van der Waals surface area contributed by atoms with Crippen LogP contribution in [0, 0.1) is 11.8 Å². The highest BCUT2D eigenvalue weighted by atomic mass is 19.4. The minimum atomic E-state index is -4.26. The van der Waals surface area contributed by atoms with Gasteiger partial charge in [-0.05, 0) is 49.6 Å². The normalized spacial score (nSPS) is 22.2. The summed E-state index contributed by atoms with van der Waals surface area (Å²) in [7, 11) is 0. The van der Waals surface area contributed by atoms with E-state index in [1.165, 1.54) is 0 Å². The summed E-state index contributed by atoms with van der Waals surface area (Å²) >= 11 is 0. The molecule has 1 aromatic rings. The molecule has 0 unspecified atom stereocenters. The molecule has 1 aliphatic heterocycles. The molecule has 2 aliphatic rings. The van der Waals surface area contributed by atoms with Crippen LogP contribution in [0.2, 0.25) is 0 Å². The van der Waals surface area contributed by atoms with E-state index in [9.17, 15) is 26.7 Å². The van der Waals surface area contributed by atoms with Gasteiger partial charge in [-0.3, -0.25) is 4.79 Å². The number of Topliss-reactive ketones (excluding diaryl/α,β-unsaturated/α-hetero) is 1. The summed E-state index contributed by atoms with van der Waals surface area (Å²) < 4.78 is 68.1. The molecule has 1 aliphatic carbocycles. The first kappa shape index (κ1) is 26.8. The molecule has 9 heteroatoms. The maximum Gasteiger partial charge on any atom is 0.389 e. The van der Waals surface area contributed by atoms with E-state index in [1.807, 2.05) is 6.07 Å². The molecule has 2 heterocycles. The van der Waals surface area contributed by atoms with Crippen molar-refractivity contribution in [3.05, 3.63) is 23.4 Å². The molecule has 34 heavy (non-hydrogen) atoms. The number of ether oxygens (including phenoxy) is 1. The van der Waals surface area contributed by atoms with Crippen molar-refractivity contribution in [3.63, 3.8) is 0 Å². The van der Waals surface area contributed by atoms with Crippen LogP contribution in [-0.4, -0.2) is 54.0 Å². The van der Waals surface area contributed by atoms with Gasteiger partial charge in [0.15, 0.2) is 6.61 Å². The minimum absolute atomic E-state index is 0.222. The third-order valence-corrected chi connectivity index (χ3v) is 6.90.